The van der Waals surface area contributed by atoms with Crippen molar-refractivity contribution in [3.05, 3.63) is 65.3 Å². The van der Waals surface area contributed by atoms with Gasteiger partial charge >= 0.3 is 12.0 Å². The normalized spacial score (nSPS) is 17.2. The number of quaternary nitrogens is 1. The van der Waals surface area contributed by atoms with Crippen molar-refractivity contribution in [1.29, 1.82) is 0 Å². The maximum Gasteiger partial charge on any atom is 0.338 e. The molecule has 2 aromatic rings. The van der Waals surface area contributed by atoms with E-state index >= 15 is 0 Å². The Labute approximate surface area is 175 Å². The Morgan fingerprint density at radius 3 is 2.53 bits per heavy atom. The summed E-state index contributed by atoms with van der Waals surface area (Å²) in [6.07, 6.45) is 1.51. The quantitative estimate of drug-likeness (QED) is 0.542. The SMILES string of the molecule is CCOC(=O)C1=C(C[NH+](C)Cc2ccc(OCC)cc2)NC(=O)N[C@@H]1c1ccco1. The molecule has 0 saturated heterocycles. The van der Waals surface area contributed by atoms with Gasteiger partial charge in [0.2, 0.25) is 0 Å². The van der Waals surface area contributed by atoms with Gasteiger partial charge in [0, 0.05) is 5.56 Å². The number of hydrogen-bond donors (Lipinski definition) is 3. The standard InChI is InChI=1S/C22H27N3O5/c1-4-28-16-10-8-15(9-11-16)13-25(3)14-17-19(21(26)29-5-2)20(24-22(27)23-17)18-7-6-12-30-18/h6-12,20H,4-5,13-14H2,1-3H3,(H2,23,24,27)/p+1/t20-/m1/s1. The molecule has 2 heterocycles. The smallest absolute Gasteiger partial charge is 0.338 e. The zero-order valence-corrected chi connectivity index (χ0v) is 17.5. The number of carbonyl (C=O) groups excluding carboxylic acids is 2. The van der Waals surface area contributed by atoms with Gasteiger partial charge in [0.25, 0.3) is 0 Å². The predicted octanol–water partition coefficient (Wildman–Crippen LogP) is 1.56. The highest BCUT2D eigenvalue weighted by Gasteiger charge is 2.36. The van der Waals surface area contributed by atoms with Gasteiger partial charge in [0.1, 0.15) is 30.6 Å². The molecule has 8 nitrogen and oxygen atoms in total. The number of nitrogens with one attached hydrogen (secondary N) is 3. The zero-order valence-electron chi connectivity index (χ0n) is 17.5. The lowest BCUT2D eigenvalue weighted by atomic mass is 10.00. The van der Waals surface area contributed by atoms with Crippen molar-refractivity contribution in [3.63, 3.8) is 0 Å². The van der Waals surface area contributed by atoms with Crippen molar-refractivity contribution in [2.45, 2.75) is 26.4 Å². The average Bonchev–Trinajstić information content (AvgIpc) is 3.24. The van der Waals surface area contributed by atoms with E-state index in [2.05, 4.69) is 10.6 Å². The molecule has 0 aliphatic carbocycles. The number of urea groups is 1. The number of carbonyl (C=O) groups is 2. The Morgan fingerprint density at radius 1 is 1.13 bits per heavy atom. The number of likely N-dealkylation sites (N-methyl/N-ethyl adjacent to an activating group) is 1. The Morgan fingerprint density at radius 2 is 1.90 bits per heavy atom. The van der Waals surface area contributed by atoms with E-state index < -0.39 is 12.0 Å². The number of ether oxygens (including phenoxy) is 2. The second-order valence-corrected chi connectivity index (χ2v) is 7.05. The van der Waals surface area contributed by atoms with Crippen molar-refractivity contribution in [1.82, 2.24) is 10.6 Å². The number of benzene rings is 1. The first kappa shape index (κ1) is 21.4. The van der Waals surface area contributed by atoms with Gasteiger partial charge in [0.05, 0.1) is 37.8 Å². The molecule has 1 aliphatic heterocycles. The number of amides is 2. The van der Waals surface area contributed by atoms with Gasteiger partial charge < -0.3 is 29.4 Å². The molecule has 0 spiro atoms. The van der Waals surface area contributed by atoms with Crippen LogP contribution >= 0.6 is 0 Å². The van der Waals surface area contributed by atoms with Crippen LogP contribution in [-0.2, 0) is 16.1 Å². The van der Waals surface area contributed by atoms with Crippen LogP contribution in [0.5, 0.6) is 5.75 Å². The molecule has 1 aromatic heterocycles. The summed E-state index contributed by atoms with van der Waals surface area (Å²) >= 11 is 0. The van der Waals surface area contributed by atoms with Crippen molar-refractivity contribution in [2.75, 3.05) is 26.8 Å². The molecule has 1 aliphatic rings. The fourth-order valence-corrected chi connectivity index (χ4v) is 3.46. The molecule has 160 valence electrons. The molecule has 3 N–H and O–H groups in total. The Hall–Kier alpha value is -3.26. The first-order chi connectivity index (χ1) is 14.5. The number of rotatable bonds is 9. The number of furan rings is 1. The second-order valence-electron chi connectivity index (χ2n) is 7.05. The molecule has 2 atom stereocenters. The van der Waals surface area contributed by atoms with Crippen molar-refractivity contribution in [3.8, 4) is 5.75 Å². The number of hydrogen-bond acceptors (Lipinski definition) is 5. The van der Waals surface area contributed by atoms with Crippen molar-refractivity contribution in [2.24, 2.45) is 0 Å². The van der Waals surface area contributed by atoms with E-state index in [9.17, 15) is 9.59 Å². The van der Waals surface area contributed by atoms with E-state index in [0.717, 1.165) is 16.2 Å². The van der Waals surface area contributed by atoms with Crippen molar-refractivity contribution < 1.29 is 28.4 Å². The fraction of sp³-hybridized carbons (Fsp3) is 0.364. The Kier molecular flexibility index (Phi) is 7.13. The van der Waals surface area contributed by atoms with E-state index in [1.54, 1.807) is 19.1 Å². The molecule has 0 bridgehead atoms. The van der Waals surface area contributed by atoms with Crippen LogP contribution in [-0.4, -0.2) is 38.8 Å². The molecule has 0 fully saturated rings. The topological polar surface area (TPSA) is 94.2 Å². The van der Waals surface area contributed by atoms with Crippen LogP contribution in [0.15, 0.2) is 58.3 Å². The van der Waals surface area contributed by atoms with Crippen LogP contribution in [0, 0.1) is 0 Å². The maximum absolute atomic E-state index is 12.7. The van der Waals surface area contributed by atoms with E-state index in [1.165, 1.54) is 6.26 Å². The Balaban J connectivity index is 1.82. The minimum atomic E-state index is -0.693. The summed E-state index contributed by atoms with van der Waals surface area (Å²) < 4.78 is 16.2. The van der Waals surface area contributed by atoms with E-state index in [-0.39, 0.29) is 12.6 Å². The summed E-state index contributed by atoms with van der Waals surface area (Å²) in [5, 5.41) is 5.54. The highest BCUT2D eigenvalue weighted by Crippen LogP contribution is 2.27. The summed E-state index contributed by atoms with van der Waals surface area (Å²) in [6, 6.07) is 10.3. The molecule has 30 heavy (non-hydrogen) atoms. The van der Waals surface area contributed by atoms with Crippen molar-refractivity contribution >= 4 is 12.0 Å². The van der Waals surface area contributed by atoms with E-state index in [0.29, 0.717) is 36.7 Å². The maximum atomic E-state index is 12.7. The average molecular weight is 414 g/mol. The lowest BCUT2D eigenvalue weighted by Crippen LogP contribution is -3.08. The summed E-state index contributed by atoms with van der Waals surface area (Å²) in [4.78, 5) is 26.1. The summed E-state index contributed by atoms with van der Waals surface area (Å²) in [5.74, 6) is 0.836. The minimum Gasteiger partial charge on any atom is -0.494 e. The third-order valence-electron chi connectivity index (χ3n) is 4.70. The third kappa shape index (κ3) is 5.21. The third-order valence-corrected chi connectivity index (χ3v) is 4.70. The van der Waals surface area contributed by atoms with Gasteiger partial charge in [-0.2, -0.15) is 0 Å². The highest BCUT2D eigenvalue weighted by atomic mass is 16.5. The summed E-state index contributed by atoms with van der Waals surface area (Å²) in [7, 11) is 2.00. The molecule has 8 heteroatoms. The highest BCUT2D eigenvalue weighted by molar-refractivity contribution is 5.95. The first-order valence-corrected chi connectivity index (χ1v) is 10.1. The lowest BCUT2D eigenvalue weighted by Gasteiger charge is -2.28. The van der Waals surface area contributed by atoms with Gasteiger partial charge in [-0.1, -0.05) is 0 Å². The predicted molar refractivity (Wildman–Crippen MR) is 110 cm³/mol. The summed E-state index contributed by atoms with van der Waals surface area (Å²) in [5.41, 5.74) is 2.01. The van der Waals surface area contributed by atoms with Crippen LogP contribution in [0.1, 0.15) is 31.2 Å². The Bertz CT molecular complexity index is 890. The molecule has 1 aromatic carbocycles. The van der Waals surface area contributed by atoms with Gasteiger partial charge in [-0.3, -0.25) is 0 Å². The monoisotopic (exact) mass is 414 g/mol. The minimum absolute atomic E-state index is 0.239. The van der Waals surface area contributed by atoms with Crippen LogP contribution in [0.2, 0.25) is 0 Å². The molecule has 0 saturated carbocycles. The van der Waals surface area contributed by atoms with Crippen LogP contribution in [0.25, 0.3) is 0 Å². The second kappa shape index (κ2) is 9.98. The molecule has 2 amide bonds. The van der Waals surface area contributed by atoms with Crippen LogP contribution in [0.4, 0.5) is 4.79 Å². The number of esters is 1. The van der Waals surface area contributed by atoms with Gasteiger partial charge in [-0.15, -0.1) is 0 Å². The first-order valence-electron chi connectivity index (χ1n) is 10.1. The molecular formula is C22H28N3O5+. The molecule has 0 radical (unpaired) electrons. The van der Waals surface area contributed by atoms with E-state index in [4.69, 9.17) is 13.9 Å². The molecule has 1 unspecified atom stereocenters. The van der Waals surface area contributed by atoms with Gasteiger partial charge in [0.15, 0.2) is 0 Å². The van der Waals surface area contributed by atoms with Crippen LogP contribution < -0.4 is 20.3 Å². The largest absolute Gasteiger partial charge is 0.494 e. The lowest BCUT2D eigenvalue weighted by molar-refractivity contribution is -0.889. The fourth-order valence-electron chi connectivity index (χ4n) is 3.46. The van der Waals surface area contributed by atoms with Crippen LogP contribution in [0.3, 0.4) is 0 Å². The van der Waals surface area contributed by atoms with E-state index in [1.807, 2.05) is 38.2 Å². The molecule has 3 rings (SSSR count). The van der Waals surface area contributed by atoms with Gasteiger partial charge in [-0.25, -0.2) is 9.59 Å². The summed E-state index contributed by atoms with van der Waals surface area (Å²) in [6.45, 7) is 5.71. The van der Waals surface area contributed by atoms with Gasteiger partial charge in [-0.05, 0) is 50.2 Å². The molecular weight excluding hydrogens is 386 g/mol. The zero-order chi connectivity index (χ0) is 21.5.